The molecule has 1 heterocycles. The van der Waals surface area contributed by atoms with Gasteiger partial charge in [0.25, 0.3) is 0 Å². The SMILES string of the molecule is NC(=O)c1ccsc1Cc1ccccc1. The molecule has 0 saturated heterocycles. The highest BCUT2D eigenvalue weighted by Crippen LogP contribution is 2.20. The highest BCUT2D eigenvalue weighted by molar-refractivity contribution is 7.10. The van der Waals surface area contributed by atoms with Gasteiger partial charge in [-0.1, -0.05) is 30.3 Å². The number of rotatable bonds is 3. The molecule has 2 nitrogen and oxygen atoms in total. The van der Waals surface area contributed by atoms with Crippen LogP contribution in [0.15, 0.2) is 41.8 Å². The van der Waals surface area contributed by atoms with Crippen molar-refractivity contribution in [2.24, 2.45) is 5.73 Å². The molecule has 0 aliphatic rings. The zero-order valence-electron chi connectivity index (χ0n) is 8.14. The van der Waals surface area contributed by atoms with Crippen molar-refractivity contribution in [3.8, 4) is 0 Å². The van der Waals surface area contributed by atoms with Crippen molar-refractivity contribution in [1.29, 1.82) is 0 Å². The average Bonchev–Trinajstić information content (AvgIpc) is 2.67. The van der Waals surface area contributed by atoms with E-state index in [1.54, 1.807) is 17.4 Å². The van der Waals surface area contributed by atoms with E-state index in [2.05, 4.69) is 0 Å². The molecular weight excluding hydrogens is 206 g/mol. The monoisotopic (exact) mass is 217 g/mol. The van der Waals surface area contributed by atoms with Gasteiger partial charge in [0.15, 0.2) is 0 Å². The molecule has 2 rings (SSSR count). The van der Waals surface area contributed by atoms with Crippen LogP contribution in [0.3, 0.4) is 0 Å². The second-order valence-electron chi connectivity index (χ2n) is 3.28. The van der Waals surface area contributed by atoms with Gasteiger partial charge in [0.05, 0.1) is 5.56 Å². The van der Waals surface area contributed by atoms with Crippen molar-refractivity contribution in [3.63, 3.8) is 0 Å². The van der Waals surface area contributed by atoms with E-state index in [0.717, 1.165) is 11.3 Å². The molecule has 0 spiro atoms. The van der Waals surface area contributed by atoms with E-state index in [9.17, 15) is 4.79 Å². The Morgan fingerprint density at radius 2 is 1.93 bits per heavy atom. The Hall–Kier alpha value is -1.61. The van der Waals surface area contributed by atoms with Gasteiger partial charge >= 0.3 is 0 Å². The summed E-state index contributed by atoms with van der Waals surface area (Å²) in [6.45, 7) is 0. The van der Waals surface area contributed by atoms with Crippen LogP contribution in [0.1, 0.15) is 20.8 Å². The fourth-order valence-corrected chi connectivity index (χ4v) is 2.39. The largest absolute Gasteiger partial charge is 0.366 e. The lowest BCUT2D eigenvalue weighted by Gasteiger charge is -2.00. The quantitative estimate of drug-likeness (QED) is 0.843. The molecule has 0 aliphatic carbocycles. The van der Waals surface area contributed by atoms with E-state index in [1.165, 1.54) is 5.56 Å². The zero-order valence-corrected chi connectivity index (χ0v) is 8.96. The van der Waals surface area contributed by atoms with Gasteiger partial charge in [-0.05, 0) is 17.0 Å². The fraction of sp³-hybridized carbons (Fsp3) is 0.0833. The van der Waals surface area contributed by atoms with Crippen molar-refractivity contribution >= 4 is 17.2 Å². The summed E-state index contributed by atoms with van der Waals surface area (Å²) in [5.74, 6) is -0.345. The first-order chi connectivity index (χ1) is 7.27. The zero-order chi connectivity index (χ0) is 10.7. The van der Waals surface area contributed by atoms with Crippen LogP contribution in [-0.4, -0.2) is 5.91 Å². The van der Waals surface area contributed by atoms with Crippen LogP contribution in [-0.2, 0) is 6.42 Å². The molecule has 2 N–H and O–H groups in total. The summed E-state index contributed by atoms with van der Waals surface area (Å²) in [6.07, 6.45) is 0.775. The van der Waals surface area contributed by atoms with Crippen molar-refractivity contribution in [2.75, 3.05) is 0 Å². The number of carbonyl (C=O) groups is 1. The summed E-state index contributed by atoms with van der Waals surface area (Å²) in [5.41, 5.74) is 7.12. The first-order valence-electron chi connectivity index (χ1n) is 4.67. The summed E-state index contributed by atoms with van der Waals surface area (Å²) in [6, 6.07) is 11.8. The van der Waals surface area contributed by atoms with Crippen LogP contribution in [0.5, 0.6) is 0 Å². The highest BCUT2D eigenvalue weighted by atomic mass is 32.1. The molecular formula is C12H11NOS. The number of hydrogen-bond acceptors (Lipinski definition) is 2. The summed E-state index contributed by atoms with van der Waals surface area (Å²) in [4.78, 5) is 12.1. The lowest BCUT2D eigenvalue weighted by Crippen LogP contribution is -2.11. The van der Waals surface area contributed by atoms with Gasteiger partial charge in [-0.15, -0.1) is 11.3 Å². The Morgan fingerprint density at radius 1 is 1.20 bits per heavy atom. The van der Waals surface area contributed by atoms with Crippen LogP contribution in [0.2, 0.25) is 0 Å². The number of benzene rings is 1. The van der Waals surface area contributed by atoms with Crippen molar-refractivity contribution in [3.05, 3.63) is 57.8 Å². The van der Waals surface area contributed by atoms with Crippen LogP contribution < -0.4 is 5.73 Å². The molecule has 0 radical (unpaired) electrons. The van der Waals surface area contributed by atoms with Gasteiger partial charge in [0.1, 0.15) is 0 Å². The molecule has 0 atom stereocenters. The highest BCUT2D eigenvalue weighted by Gasteiger charge is 2.09. The molecule has 3 heteroatoms. The Labute approximate surface area is 92.4 Å². The summed E-state index contributed by atoms with van der Waals surface area (Å²) < 4.78 is 0. The second-order valence-corrected chi connectivity index (χ2v) is 4.28. The third-order valence-corrected chi connectivity index (χ3v) is 3.14. The molecule has 2 aromatic rings. The summed E-state index contributed by atoms with van der Waals surface area (Å²) in [5, 5.41) is 1.90. The lowest BCUT2D eigenvalue weighted by atomic mass is 10.1. The van der Waals surface area contributed by atoms with E-state index in [-0.39, 0.29) is 5.91 Å². The first-order valence-corrected chi connectivity index (χ1v) is 5.55. The third-order valence-electron chi connectivity index (χ3n) is 2.22. The number of hydrogen-bond donors (Lipinski definition) is 1. The Kier molecular flexibility index (Phi) is 2.83. The van der Waals surface area contributed by atoms with Gasteiger partial charge in [0.2, 0.25) is 5.91 Å². The number of carbonyl (C=O) groups excluding carboxylic acids is 1. The molecule has 0 saturated carbocycles. The molecule has 0 bridgehead atoms. The van der Waals surface area contributed by atoms with Gasteiger partial charge in [-0.25, -0.2) is 0 Å². The number of primary amides is 1. The number of nitrogens with two attached hydrogens (primary N) is 1. The average molecular weight is 217 g/mol. The maximum absolute atomic E-state index is 11.1. The predicted octanol–water partition coefficient (Wildman–Crippen LogP) is 2.44. The Bertz CT molecular complexity index is 461. The van der Waals surface area contributed by atoms with Crippen molar-refractivity contribution in [1.82, 2.24) is 0 Å². The van der Waals surface area contributed by atoms with Crippen LogP contribution in [0.4, 0.5) is 0 Å². The van der Waals surface area contributed by atoms with Gasteiger partial charge in [-0.3, -0.25) is 4.79 Å². The Morgan fingerprint density at radius 3 is 2.60 bits per heavy atom. The Balaban J connectivity index is 2.25. The summed E-state index contributed by atoms with van der Waals surface area (Å²) in [7, 11) is 0. The molecule has 1 aromatic carbocycles. The third kappa shape index (κ3) is 2.25. The van der Waals surface area contributed by atoms with E-state index in [1.807, 2.05) is 35.7 Å². The van der Waals surface area contributed by atoms with Gasteiger partial charge < -0.3 is 5.73 Å². The molecule has 15 heavy (non-hydrogen) atoms. The smallest absolute Gasteiger partial charge is 0.249 e. The predicted molar refractivity (Wildman–Crippen MR) is 62.1 cm³/mol. The second kappa shape index (κ2) is 4.28. The minimum atomic E-state index is -0.345. The maximum atomic E-state index is 11.1. The van der Waals surface area contributed by atoms with Crippen LogP contribution in [0, 0.1) is 0 Å². The normalized spacial score (nSPS) is 10.1. The van der Waals surface area contributed by atoms with E-state index < -0.39 is 0 Å². The molecule has 1 amide bonds. The molecule has 76 valence electrons. The summed E-state index contributed by atoms with van der Waals surface area (Å²) >= 11 is 1.57. The molecule has 1 aromatic heterocycles. The molecule has 0 aliphatic heterocycles. The standard InChI is InChI=1S/C12H11NOS/c13-12(14)10-6-7-15-11(10)8-9-4-2-1-3-5-9/h1-7H,8H2,(H2,13,14). The minimum Gasteiger partial charge on any atom is -0.366 e. The van der Waals surface area contributed by atoms with Gasteiger partial charge in [-0.2, -0.15) is 0 Å². The van der Waals surface area contributed by atoms with E-state index >= 15 is 0 Å². The topological polar surface area (TPSA) is 43.1 Å². The minimum absolute atomic E-state index is 0.345. The first kappa shape index (κ1) is 9.93. The number of amides is 1. The van der Waals surface area contributed by atoms with E-state index in [0.29, 0.717) is 5.56 Å². The van der Waals surface area contributed by atoms with Gasteiger partial charge in [0, 0.05) is 11.3 Å². The lowest BCUT2D eigenvalue weighted by molar-refractivity contribution is 0.1000. The molecule has 0 unspecified atom stereocenters. The molecule has 0 fully saturated rings. The maximum Gasteiger partial charge on any atom is 0.249 e. The van der Waals surface area contributed by atoms with Crippen molar-refractivity contribution in [2.45, 2.75) is 6.42 Å². The number of thiophene rings is 1. The van der Waals surface area contributed by atoms with E-state index in [4.69, 9.17) is 5.73 Å². The fourth-order valence-electron chi connectivity index (χ4n) is 1.48. The van der Waals surface area contributed by atoms with Crippen LogP contribution in [0.25, 0.3) is 0 Å². The van der Waals surface area contributed by atoms with Crippen LogP contribution >= 0.6 is 11.3 Å². The van der Waals surface area contributed by atoms with Crippen molar-refractivity contribution < 1.29 is 4.79 Å².